The zero-order valence-electron chi connectivity index (χ0n) is 11.6. The van der Waals surface area contributed by atoms with Gasteiger partial charge >= 0.3 is 0 Å². The van der Waals surface area contributed by atoms with Crippen molar-refractivity contribution in [2.45, 2.75) is 0 Å². The lowest BCUT2D eigenvalue weighted by Crippen LogP contribution is -2.25. The fraction of sp³-hybridized carbons (Fsp3) is 0.125. The number of aromatic amines is 1. The quantitative estimate of drug-likeness (QED) is 0.648. The highest BCUT2D eigenvalue weighted by Gasteiger charge is 2.09. The minimum absolute atomic E-state index is 0.145. The Balaban J connectivity index is 1.93. The Labute approximate surface area is 132 Å². The maximum absolute atomic E-state index is 13.0. The second kappa shape index (κ2) is 6.19. The molecule has 3 aromatic rings. The summed E-state index contributed by atoms with van der Waals surface area (Å²) in [5.74, 6) is 0.798. The number of amides is 1. The number of hydrogen-bond donors (Lipinski definition) is 3. The van der Waals surface area contributed by atoms with Crippen molar-refractivity contribution in [2.24, 2.45) is 0 Å². The molecule has 112 valence electrons. The van der Waals surface area contributed by atoms with Gasteiger partial charge in [-0.1, -0.05) is 0 Å². The molecule has 1 aromatic heterocycles. The zero-order valence-corrected chi connectivity index (χ0v) is 12.5. The summed E-state index contributed by atoms with van der Waals surface area (Å²) in [5, 5.41) is 2.77. The van der Waals surface area contributed by atoms with Crippen LogP contribution in [-0.4, -0.2) is 28.2 Å². The number of nitrogens with one attached hydrogen (secondary N) is 2. The van der Waals surface area contributed by atoms with Gasteiger partial charge < -0.3 is 10.3 Å². The van der Waals surface area contributed by atoms with Crippen LogP contribution < -0.4 is 5.32 Å². The molecular weight excluding hydrogens is 301 g/mol. The van der Waals surface area contributed by atoms with E-state index in [4.69, 9.17) is 0 Å². The van der Waals surface area contributed by atoms with Crippen LogP contribution in [0.1, 0.15) is 10.4 Å². The Morgan fingerprint density at radius 1 is 1.23 bits per heavy atom. The van der Waals surface area contributed by atoms with Crippen molar-refractivity contribution in [3.8, 4) is 11.4 Å². The van der Waals surface area contributed by atoms with Gasteiger partial charge in [0.25, 0.3) is 5.91 Å². The van der Waals surface area contributed by atoms with Gasteiger partial charge in [-0.15, -0.1) is 0 Å². The second-order valence-corrected chi connectivity index (χ2v) is 5.25. The normalized spacial score (nSPS) is 10.8. The van der Waals surface area contributed by atoms with E-state index in [1.165, 1.54) is 12.1 Å². The Kier molecular flexibility index (Phi) is 4.11. The number of hydrogen-bond acceptors (Lipinski definition) is 3. The molecule has 6 heteroatoms. The molecule has 1 amide bonds. The minimum Gasteiger partial charge on any atom is -0.351 e. The van der Waals surface area contributed by atoms with Gasteiger partial charge in [-0.25, -0.2) is 9.37 Å². The predicted octanol–water partition coefficient (Wildman–Crippen LogP) is 3.03. The molecule has 0 spiro atoms. The van der Waals surface area contributed by atoms with Crippen molar-refractivity contribution in [1.82, 2.24) is 15.3 Å². The maximum atomic E-state index is 13.0. The Morgan fingerprint density at radius 2 is 2.00 bits per heavy atom. The molecule has 0 fully saturated rings. The third-order valence-corrected chi connectivity index (χ3v) is 3.48. The third kappa shape index (κ3) is 2.96. The summed E-state index contributed by atoms with van der Waals surface area (Å²) < 4.78 is 13.0. The lowest BCUT2D eigenvalue weighted by Gasteiger charge is -2.02. The van der Waals surface area contributed by atoms with E-state index in [0.29, 0.717) is 23.7 Å². The molecule has 0 aliphatic carbocycles. The molecule has 0 saturated heterocycles. The zero-order chi connectivity index (χ0) is 15.5. The third-order valence-electron chi connectivity index (χ3n) is 3.26. The molecule has 0 aliphatic heterocycles. The lowest BCUT2D eigenvalue weighted by atomic mass is 10.2. The molecule has 1 heterocycles. The first kappa shape index (κ1) is 14.6. The van der Waals surface area contributed by atoms with Crippen molar-refractivity contribution < 1.29 is 9.18 Å². The number of benzene rings is 2. The molecule has 0 saturated carbocycles. The average Bonchev–Trinajstić information content (AvgIpc) is 2.96. The maximum Gasteiger partial charge on any atom is 0.251 e. The average molecular weight is 315 g/mol. The van der Waals surface area contributed by atoms with Gasteiger partial charge in [0.05, 0.1) is 11.0 Å². The summed E-state index contributed by atoms with van der Waals surface area (Å²) >= 11 is 4.06. The summed E-state index contributed by atoms with van der Waals surface area (Å²) in [6.45, 7) is 0.518. The molecule has 2 aromatic carbocycles. The highest BCUT2D eigenvalue weighted by Crippen LogP contribution is 2.21. The lowest BCUT2D eigenvalue weighted by molar-refractivity contribution is 0.0956. The molecule has 4 nitrogen and oxygen atoms in total. The molecule has 22 heavy (non-hydrogen) atoms. The van der Waals surface area contributed by atoms with E-state index in [9.17, 15) is 9.18 Å². The van der Waals surface area contributed by atoms with Crippen molar-refractivity contribution in [2.75, 3.05) is 12.3 Å². The molecule has 0 atom stereocenters. The second-order valence-electron chi connectivity index (χ2n) is 4.80. The van der Waals surface area contributed by atoms with Crippen LogP contribution in [0.2, 0.25) is 0 Å². The Morgan fingerprint density at radius 3 is 2.73 bits per heavy atom. The monoisotopic (exact) mass is 315 g/mol. The number of halogens is 1. The fourth-order valence-corrected chi connectivity index (χ4v) is 2.28. The number of imidazole rings is 1. The van der Waals surface area contributed by atoms with E-state index >= 15 is 0 Å². The number of nitrogens with zero attached hydrogens (tertiary/aromatic N) is 1. The number of carbonyl (C=O) groups excluding carboxylic acids is 1. The first-order valence-corrected chi connectivity index (χ1v) is 7.45. The van der Waals surface area contributed by atoms with Gasteiger partial charge in [-0.3, -0.25) is 4.79 Å². The molecule has 3 rings (SSSR count). The highest BCUT2D eigenvalue weighted by atomic mass is 32.1. The van der Waals surface area contributed by atoms with Crippen LogP contribution in [0.4, 0.5) is 4.39 Å². The van der Waals surface area contributed by atoms with Gasteiger partial charge in [-0.05, 0) is 42.5 Å². The van der Waals surface area contributed by atoms with Gasteiger partial charge in [0, 0.05) is 23.4 Å². The van der Waals surface area contributed by atoms with Crippen molar-refractivity contribution in [3.63, 3.8) is 0 Å². The Hall–Kier alpha value is -2.34. The summed E-state index contributed by atoms with van der Waals surface area (Å²) in [7, 11) is 0. The van der Waals surface area contributed by atoms with Gasteiger partial charge in [0.15, 0.2) is 0 Å². The van der Waals surface area contributed by atoms with Crippen LogP contribution in [-0.2, 0) is 0 Å². The first-order valence-electron chi connectivity index (χ1n) is 6.82. The van der Waals surface area contributed by atoms with E-state index in [-0.39, 0.29) is 11.7 Å². The van der Waals surface area contributed by atoms with Crippen LogP contribution in [0.15, 0.2) is 42.5 Å². The summed E-state index contributed by atoms with van der Waals surface area (Å²) in [6.07, 6.45) is 0. The van der Waals surface area contributed by atoms with Gasteiger partial charge in [0.1, 0.15) is 11.6 Å². The summed E-state index contributed by atoms with van der Waals surface area (Å²) in [4.78, 5) is 19.5. The van der Waals surface area contributed by atoms with Crippen LogP contribution in [0.25, 0.3) is 22.4 Å². The van der Waals surface area contributed by atoms with E-state index < -0.39 is 0 Å². The summed E-state index contributed by atoms with van der Waals surface area (Å²) in [6, 6.07) is 11.4. The molecule has 0 bridgehead atoms. The van der Waals surface area contributed by atoms with Crippen LogP contribution in [0.5, 0.6) is 0 Å². The van der Waals surface area contributed by atoms with Crippen LogP contribution in [0.3, 0.4) is 0 Å². The van der Waals surface area contributed by atoms with E-state index in [2.05, 4.69) is 27.9 Å². The van der Waals surface area contributed by atoms with Gasteiger partial charge in [0.2, 0.25) is 0 Å². The molecule has 0 aliphatic rings. The smallest absolute Gasteiger partial charge is 0.251 e. The van der Waals surface area contributed by atoms with E-state index in [0.717, 1.165) is 16.6 Å². The predicted molar refractivity (Wildman–Crippen MR) is 87.7 cm³/mol. The van der Waals surface area contributed by atoms with Crippen LogP contribution in [0, 0.1) is 5.82 Å². The number of aromatic nitrogens is 2. The van der Waals surface area contributed by atoms with Crippen LogP contribution >= 0.6 is 12.6 Å². The van der Waals surface area contributed by atoms with E-state index in [1.807, 2.05) is 0 Å². The molecular formula is C16H14FN3OS. The number of fused-ring (bicyclic) bond motifs is 1. The fourth-order valence-electron chi connectivity index (χ4n) is 2.17. The topological polar surface area (TPSA) is 57.8 Å². The number of thiol groups is 1. The standard InChI is InChI=1S/C16H14FN3OS/c17-12-4-1-10(2-5-12)15-19-13-6-3-11(9-14(13)20-15)16(21)18-7-8-22/h1-6,9,22H,7-8H2,(H,18,21)(H,19,20). The molecule has 0 radical (unpaired) electrons. The first-order chi connectivity index (χ1) is 10.7. The molecule has 0 unspecified atom stereocenters. The largest absolute Gasteiger partial charge is 0.351 e. The SMILES string of the molecule is O=C(NCCS)c1ccc2nc(-c3ccc(F)cc3)[nH]c2c1. The minimum atomic E-state index is -0.289. The van der Waals surface area contributed by atoms with Crippen molar-refractivity contribution in [3.05, 3.63) is 53.8 Å². The van der Waals surface area contributed by atoms with Crippen molar-refractivity contribution in [1.29, 1.82) is 0 Å². The molecule has 2 N–H and O–H groups in total. The summed E-state index contributed by atoms with van der Waals surface area (Å²) in [5.41, 5.74) is 2.87. The Bertz CT molecular complexity index is 814. The number of carbonyl (C=O) groups is 1. The number of H-pyrrole nitrogens is 1. The number of rotatable bonds is 4. The highest BCUT2D eigenvalue weighted by molar-refractivity contribution is 7.80. The van der Waals surface area contributed by atoms with Crippen molar-refractivity contribution >= 4 is 29.6 Å². The van der Waals surface area contributed by atoms with Gasteiger partial charge in [-0.2, -0.15) is 12.6 Å². The van der Waals surface area contributed by atoms with E-state index in [1.54, 1.807) is 30.3 Å².